The number of furan rings is 1. The number of anilines is 3. The van der Waals surface area contributed by atoms with Crippen molar-refractivity contribution in [3.63, 3.8) is 0 Å². The molecule has 0 N–H and O–H groups in total. The van der Waals surface area contributed by atoms with E-state index in [9.17, 15) is 0 Å². The molecule has 10 rings (SSSR count). The van der Waals surface area contributed by atoms with Gasteiger partial charge in [0.15, 0.2) is 0 Å². The maximum absolute atomic E-state index is 6.56. The van der Waals surface area contributed by atoms with Crippen LogP contribution >= 0.6 is 0 Å². The van der Waals surface area contributed by atoms with Crippen LogP contribution in [0, 0.1) is 0 Å². The van der Waals surface area contributed by atoms with E-state index >= 15 is 0 Å². The molecular formula is C50H33NO. The van der Waals surface area contributed by atoms with Crippen LogP contribution in [0.25, 0.3) is 76.9 Å². The van der Waals surface area contributed by atoms with Crippen LogP contribution in [-0.4, -0.2) is 0 Å². The van der Waals surface area contributed by atoms with E-state index in [1.54, 1.807) is 0 Å². The Hall–Kier alpha value is -6.90. The van der Waals surface area contributed by atoms with E-state index in [1.165, 1.54) is 43.8 Å². The summed E-state index contributed by atoms with van der Waals surface area (Å²) in [5.74, 6) is 0. The molecule has 0 amide bonds. The molecular weight excluding hydrogens is 631 g/mol. The zero-order valence-corrected chi connectivity index (χ0v) is 28.4. The topological polar surface area (TPSA) is 16.4 Å². The standard InChI is InChI=1S/C50H33NO/c1-3-13-34(14-4-1)36-25-27-41(28-26-36)51(50-44(37-16-5-2-6-17-37)29-30-48-49(50)45-21-11-12-22-47(45)52-48)42-32-39-19-9-10-20-43(39)46(33-42)40-24-23-35-15-7-8-18-38(35)31-40/h1-33H. The Balaban J connectivity index is 1.30. The Morgan fingerprint density at radius 1 is 0.327 bits per heavy atom. The Labute approximate surface area is 302 Å². The smallest absolute Gasteiger partial charge is 0.137 e. The lowest BCUT2D eigenvalue weighted by Gasteiger charge is -2.30. The Bertz CT molecular complexity index is 2890. The average molecular weight is 664 g/mol. The zero-order valence-electron chi connectivity index (χ0n) is 28.4. The molecule has 10 aromatic rings. The molecule has 0 aliphatic carbocycles. The van der Waals surface area contributed by atoms with Crippen molar-refractivity contribution in [2.24, 2.45) is 0 Å². The predicted molar refractivity (Wildman–Crippen MR) is 220 cm³/mol. The fourth-order valence-corrected chi connectivity index (χ4v) is 7.74. The van der Waals surface area contributed by atoms with Gasteiger partial charge in [-0.25, -0.2) is 0 Å². The summed E-state index contributed by atoms with van der Waals surface area (Å²) in [5.41, 5.74) is 12.0. The largest absolute Gasteiger partial charge is 0.456 e. The Kier molecular flexibility index (Phi) is 7.18. The van der Waals surface area contributed by atoms with Gasteiger partial charge in [0.25, 0.3) is 0 Å². The quantitative estimate of drug-likeness (QED) is 0.176. The lowest BCUT2D eigenvalue weighted by atomic mass is 9.94. The van der Waals surface area contributed by atoms with Crippen molar-refractivity contribution < 1.29 is 4.42 Å². The van der Waals surface area contributed by atoms with Gasteiger partial charge in [0.1, 0.15) is 11.2 Å². The maximum atomic E-state index is 6.56. The number of rotatable bonds is 6. The highest BCUT2D eigenvalue weighted by atomic mass is 16.3. The summed E-state index contributed by atoms with van der Waals surface area (Å²) in [7, 11) is 0. The van der Waals surface area contributed by atoms with Gasteiger partial charge in [-0.05, 0) is 97.9 Å². The van der Waals surface area contributed by atoms with Crippen LogP contribution in [0.4, 0.5) is 17.1 Å². The van der Waals surface area contributed by atoms with Crippen LogP contribution < -0.4 is 4.90 Å². The van der Waals surface area contributed by atoms with Gasteiger partial charge in [0, 0.05) is 22.3 Å². The number of benzene rings is 9. The molecule has 9 aromatic carbocycles. The Morgan fingerprint density at radius 3 is 1.73 bits per heavy atom. The Morgan fingerprint density at radius 2 is 0.942 bits per heavy atom. The van der Waals surface area contributed by atoms with Crippen molar-refractivity contribution >= 4 is 60.5 Å². The van der Waals surface area contributed by atoms with Crippen LogP contribution in [0.15, 0.2) is 205 Å². The van der Waals surface area contributed by atoms with Gasteiger partial charge in [-0.1, -0.05) is 152 Å². The van der Waals surface area contributed by atoms with Crippen molar-refractivity contribution in [2.75, 3.05) is 4.90 Å². The fourth-order valence-electron chi connectivity index (χ4n) is 7.74. The second kappa shape index (κ2) is 12.5. The third kappa shape index (κ3) is 5.12. The van der Waals surface area contributed by atoms with Crippen molar-refractivity contribution in [3.8, 4) is 33.4 Å². The molecule has 52 heavy (non-hydrogen) atoms. The minimum Gasteiger partial charge on any atom is -0.456 e. The minimum absolute atomic E-state index is 0.859. The first-order valence-corrected chi connectivity index (χ1v) is 17.8. The molecule has 0 atom stereocenters. The normalized spacial score (nSPS) is 11.5. The summed E-state index contributed by atoms with van der Waals surface area (Å²) in [4.78, 5) is 2.44. The highest BCUT2D eigenvalue weighted by molar-refractivity contribution is 6.17. The summed E-state index contributed by atoms with van der Waals surface area (Å²) in [5, 5.41) is 7.04. The van der Waals surface area contributed by atoms with E-state index < -0.39 is 0 Å². The molecule has 0 unspecified atom stereocenters. The van der Waals surface area contributed by atoms with Gasteiger partial charge in [-0.3, -0.25) is 0 Å². The van der Waals surface area contributed by atoms with E-state index in [0.29, 0.717) is 0 Å². The molecule has 0 spiro atoms. The predicted octanol–water partition coefficient (Wildman–Crippen LogP) is 14.4. The van der Waals surface area contributed by atoms with Crippen LogP contribution in [0.3, 0.4) is 0 Å². The van der Waals surface area contributed by atoms with E-state index in [-0.39, 0.29) is 0 Å². The molecule has 2 nitrogen and oxygen atoms in total. The number of para-hydroxylation sites is 1. The van der Waals surface area contributed by atoms with Gasteiger partial charge in [-0.2, -0.15) is 0 Å². The second-order valence-corrected chi connectivity index (χ2v) is 13.3. The summed E-state index contributed by atoms with van der Waals surface area (Å²) >= 11 is 0. The van der Waals surface area contributed by atoms with Crippen LogP contribution in [0.2, 0.25) is 0 Å². The highest BCUT2D eigenvalue weighted by Gasteiger charge is 2.25. The fraction of sp³-hybridized carbons (Fsp3) is 0. The first-order valence-electron chi connectivity index (χ1n) is 17.8. The summed E-state index contributed by atoms with van der Waals surface area (Å²) in [6.07, 6.45) is 0. The summed E-state index contributed by atoms with van der Waals surface area (Å²) in [6, 6.07) is 71.8. The van der Waals surface area contributed by atoms with Gasteiger partial charge >= 0.3 is 0 Å². The molecule has 1 heterocycles. The molecule has 0 aliphatic heterocycles. The van der Waals surface area contributed by atoms with Gasteiger partial charge in [0.05, 0.1) is 11.1 Å². The van der Waals surface area contributed by atoms with Crippen LogP contribution in [-0.2, 0) is 0 Å². The van der Waals surface area contributed by atoms with Crippen molar-refractivity contribution in [1.82, 2.24) is 0 Å². The molecule has 0 bridgehead atoms. The average Bonchev–Trinajstić information content (AvgIpc) is 3.60. The zero-order chi connectivity index (χ0) is 34.4. The van der Waals surface area contributed by atoms with Crippen LogP contribution in [0.1, 0.15) is 0 Å². The SMILES string of the molecule is c1ccc(-c2ccc(N(c3cc(-c4ccc5ccccc5c4)c4ccccc4c3)c3c(-c4ccccc4)ccc4oc5ccccc5c34)cc2)cc1. The first-order chi connectivity index (χ1) is 25.8. The number of nitrogens with zero attached hydrogens (tertiary/aromatic N) is 1. The molecule has 0 saturated heterocycles. The van der Waals surface area contributed by atoms with Crippen molar-refractivity contribution in [2.45, 2.75) is 0 Å². The van der Waals surface area contributed by atoms with Crippen molar-refractivity contribution in [3.05, 3.63) is 200 Å². The number of fused-ring (bicyclic) bond motifs is 5. The maximum Gasteiger partial charge on any atom is 0.137 e. The van der Waals surface area contributed by atoms with E-state index in [1.807, 2.05) is 6.07 Å². The molecule has 0 radical (unpaired) electrons. The molecule has 2 heteroatoms. The highest BCUT2D eigenvalue weighted by Crippen LogP contribution is 2.49. The third-order valence-corrected chi connectivity index (χ3v) is 10.2. The summed E-state index contributed by atoms with van der Waals surface area (Å²) < 4.78 is 6.56. The molecule has 0 fully saturated rings. The summed E-state index contributed by atoms with van der Waals surface area (Å²) in [6.45, 7) is 0. The van der Waals surface area contributed by atoms with Crippen LogP contribution in [0.5, 0.6) is 0 Å². The van der Waals surface area contributed by atoms with Gasteiger partial charge in [-0.15, -0.1) is 0 Å². The lowest BCUT2D eigenvalue weighted by molar-refractivity contribution is 0.669. The third-order valence-electron chi connectivity index (χ3n) is 10.2. The monoisotopic (exact) mass is 663 g/mol. The second-order valence-electron chi connectivity index (χ2n) is 13.3. The number of hydrogen-bond acceptors (Lipinski definition) is 2. The van der Waals surface area contributed by atoms with E-state index in [2.05, 4.69) is 199 Å². The molecule has 1 aromatic heterocycles. The van der Waals surface area contributed by atoms with Crippen molar-refractivity contribution in [1.29, 1.82) is 0 Å². The minimum atomic E-state index is 0.859. The number of hydrogen-bond donors (Lipinski definition) is 0. The van der Waals surface area contributed by atoms with Gasteiger partial charge in [0.2, 0.25) is 0 Å². The molecule has 0 aliphatic rings. The first kappa shape index (κ1) is 30.0. The molecule has 0 saturated carbocycles. The van der Waals surface area contributed by atoms with Gasteiger partial charge < -0.3 is 9.32 Å². The van der Waals surface area contributed by atoms with E-state index in [0.717, 1.165) is 50.1 Å². The van der Waals surface area contributed by atoms with E-state index in [4.69, 9.17) is 4.42 Å². The lowest BCUT2D eigenvalue weighted by Crippen LogP contribution is -2.12. The molecule has 244 valence electrons.